The highest BCUT2D eigenvalue weighted by Crippen LogP contribution is 2.00. The normalized spacial score (nSPS) is 12.4. The second kappa shape index (κ2) is 9.64. The van der Waals surface area contributed by atoms with Crippen LogP contribution in [-0.2, 0) is 4.79 Å². The third kappa shape index (κ3) is 7.49. The molecule has 16 heavy (non-hydrogen) atoms. The molecule has 1 aromatic rings. The third-order valence-corrected chi connectivity index (χ3v) is 1.77. The van der Waals surface area contributed by atoms with E-state index in [1.165, 1.54) is 0 Å². The summed E-state index contributed by atoms with van der Waals surface area (Å²) in [5.74, 6) is 0. The molecule has 5 heteroatoms. The van der Waals surface area contributed by atoms with Gasteiger partial charge in [0.2, 0.25) is 0 Å². The van der Waals surface area contributed by atoms with Gasteiger partial charge in [-0.3, -0.25) is 4.79 Å². The van der Waals surface area contributed by atoms with Crippen molar-refractivity contribution in [2.45, 2.75) is 6.92 Å². The molecular weight excluding hydrogens is 208 g/mol. The molecule has 2 heterocycles. The van der Waals surface area contributed by atoms with Crippen molar-refractivity contribution in [2.24, 2.45) is 0 Å². The maximum atomic E-state index is 8.36. The molecule has 0 fully saturated rings. The lowest BCUT2D eigenvalue weighted by Gasteiger charge is -2.14. The average molecular weight is 226 g/mol. The maximum Gasteiger partial charge on any atom is 0.290 e. The van der Waals surface area contributed by atoms with Crippen LogP contribution in [0.15, 0.2) is 41.5 Å². The van der Waals surface area contributed by atoms with E-state index in [1.807, 2.05) is 12.1 Å². The summed E-state index contributed by atoms with van der Waals surface area (Å²) in [7, 11) is 2.08. The summed E-state index contributed by atoms with van der Waals surface area (Å²) in [6.07, 6.45) is 7.45. The van der Waals surface area contributed by atoms with Gasteiger partial charge in [-0.2, -0.15) is 0 Å². The number of rotatable bonds is 1. The SMILES string of the molecule is CCN1C=CN(C)C1.O=CO.c1ccoc1. The third-order valence-electron chi connectivity index (χ3n) is 1.77. The van der Waals surface area contributed by atoms with Crippen LogP contribution in [-0.4, -0.2) is 41.6 Å². The molecule has 1 N–H and O–H groups in total. The Morgan fingerprint density at radius 1 is 1.38 bits per heavy atom. The second-order valence-electron chi connectivity index (χ2n) is 3.00. The zero-order valence-electron chi connectivity index (χ0n) is 9.61. The van der Waals surface area contributed by atoms with Gasteiger partial charge in [-0.1, -0.05) is 0 Å². The molecular formula is C11H18N2O3. The summed E-state index contributed by atoms with van der Waals surface area (Å²) < 4.78 is 4.58. The van der Waals surface area contributed by atoms with Crippen LogP contribution < -0.4 is 0 Å². The smallest absolute Gasteiger partial charge is 0.290 e. The van der Waals surface area contributed by atoms with E-state index in [2.05, 4.69) is 40.6 Å². The van der Waals surface area contributed by atoms with Crippen molar-refractivity contribution < 1.29 is 14.3 Å². The fraction of sp³-hybridized carbons (Fsp3) is 0.364. The standard InChI is InChI=1S/C6H12N2.C4H4O.CH2O2/c1-3-8-5-4-7(2)6-8;1-2-4-5-3-1;2-1-3/h4-5H,3,6H2,1-2H3;1-4H;1H,(H,2,3). The van der Waals surface area contributed by atoms with Gasteiger partial charge in [0, 0.05) is 26.0 Å². The Morgan fingerprint density at radius 2 is 1.94 bits per heavy atom. The van der Waals surface area contributed by atoms with Crippen LogP contribution in [0, 0.1) is 0 Å². The molecule has 0 radical (unpaired) electrons. The lowest BCUT2D eigenvalue weighted by Crippen LogP contribution is -2.21. The zero-order valence-corrected chi connectivity index (χ0v) is 9.61. The molecule has 1 aromatic heterocycles. The first-order valence-electron chi connectivity index (χ1n) is 4.92. The molecule has 0 saturated carbocycles. The van der Waals surface area contributed by atoms with Crippen LogP contribution in [0.3, 0.4) is 0 Å². The highest BCUT2D eigenvalue weighted by Gasteiger charge is 2.03. The van der Waals surface area contributed by atoms with E-state index in [0.29, 0.717) is 0 Å². The van der Waals surface area contributed by atoms with Gasteiger partial charge in [0.25, 0.3) is 6.47 Å². The number of nitrogens with zero attached hydrogens (tertiary/aromatic N) is 2. The summed E-state index contributed by atoms with van der Waals surface area (Å²) in [6.45, 7) is 4.07. The van der Waals surface area contributed by atoms with Gasteiger partial charge in [-0.25, -0.2) is 0 Å². The fourth-order valence-electron chi connectivity index (χ4n) is 1.02. The average Bonchev–Trinajstić information content (AvgIpc) is 2.91. The highest BCUT2D eigenvalue weighted by atomic mass is 16.3. The molecule has 0 amide bonds. The van der Waals surface area contributed by atoms with Gasteiger partial charge in [0.1, 0.15) is 0 Å². The molecule has 0 atom stereocenters. The van der Waals surface area contributed by atoms with E-state index >= 15 is 0 Å². The summed E-state index contributed by atoms with van der Waals surface area (Å²) in [4.78, 5) is 12.8. The second-order valence-corrected chi connectivity index (χ2v) is 3.00. The van der Waals surface area contributed by atoms with E-state index in [1.54, 1.807) is 12.5 Å². The molecule has 5 nitrogen and oxygen atoms in total. The van der Waals surface area contributed by atoms with Crippen LogP contribution in [0.5, 0.6) is 0 Å². The van der Waals surface area contributed by atoms with Gasteiger partial charge in [0.15, 0.2) is 0 Å². The minimum atomic E-state index is -0.250. The van der Waals surface area contributed by atoms with Crippen molar-refractivity contribution in [2.75, 3.05) is 20.3 Å². The number of carbonyl (C=O) groups is 1. The summed E-state index contributed by atoms with van der Waals surface area (Å²) in [5.41, 5.74) is 0. The molecule has 0 spiro atoms. The molecule has 1 aliphatic rings. The summed E-state index contributed by atoms with van der Waals surface area (Å²) >= 11 is 0. The lowest BCUT2D eigenvalue weighted by molar-refractivity contribution is -0.122. The number of hydrogen-bond acceptors (Lipinski definition) is 4. The van der Waals surface area contributed by atoms with Crippen molar-refractivity contribution in [3.8, 4) is 0 Å². The van der Waals surface area contributed by atoms with Crippen molar-refractivity contribution in [3.05, 3.63) is 37.1 Å². The number of carboxylic acid groups (broad SMARTS) is 1. The van der Waals surface area contributed by atoms with Crippen LogP contribution in [0.2, 0.25) is 0 Å². The van der Waals surface area contributed by atoms with Crippen molar-refractivity contribution in [1.82, 2.24) is 9.80 Å². The molecule has 0 bridgehead atoms. The Bertz CT molecular complexity index is 256. The largest absolute Gasteiger partial charge is 0.483 e. The zero-order chi connectivity index (χ0) is 12.2. The first-order valence-corrected chi connectivity index (χ1v) is 4.92. The van der Waals surface area contributed by atoms with Gasteiger partial charge in [-0.05, 0) is 19.1 Å². The molecule has 90 valence electrons. The Kier molecular flexibility index (Phi) is 8.49. The Hall–Kier alpha value is -1.91. The quantitative estimate of drug-likeness (QED) is 0.738. The molecule has 0 aromatic carbocycles. The Labute approximate surface area is 95.6 Å². The Morgan fingerprint density at radius 3 is 2.12 bits per heavy atom. The van der Waals surface area contributed by atoms with Crippen LogP contribution >= 0.6 is 0 Å². The highest BCUT2D eigenvalue weighted by molar-refractivity contribution is 5.32. The van der Waals surface area contributed by atoms with E-state index in [-0.39, 0.29) is 6.47 Å². The van der Waals surface area contributed by atoms with E-state index in [0.717, 1.165) is 13.2 Å². The first-order chi connectivity index (χ1) is 7.74. The maximum absolute atomic E-state index is 8.36. The van der Waals surface area contributed by atoms with Crippen LogP contribution in [0.25, 0.3) is 0 Å². The van der Waals surface area contributed by atoms with Gasteiger partial charge in [-0.15, -0.1) is 0 Å². The minimum Gasteiger partial charge on any atom is -0.483 e. The van der Waals surface area contributed by atoms with Crippen LogP contribution in [0.4, 0.5) is 0 Å². The van der Waals surface area contributed by atoms with Crippen molar-refractivity contribution >= 4 is 6.47 Å². The van der Waals surface area contributed by atoms with E-state index in [4.69, 9.17) is 9.90 Å². The monoisotopic (exact) mass is 226 g/mol. The van der Waals surface area contributed by atoms with Crippen molar-refractivity contribution in [1.29, 1.82) is 0 Å². The number of hydrogen-bond donors (Lipinski definition) is 1. The molecule has 2 rings (SSSR count). The predicted octanol–water partition coefficient (Wildman–Crippen LogP) is 1.66. The molecule has 0 saturated heterocycles. The van der Waals surface area contributed by atoms with E-state index < -0.39 is 0 Å². The van der Waals surface area contributed by atoms with Gasteiger partial charge < -0.3 is 19.3 Å². The predicted molar refractivity (Wildman–Crippen MR) is 61.6 cm³/mol. The molecule has 0 unspecified atom stereocenters. The van der Waals surface area contributed by atoms with Gasteiger partial charge >= 0.3 is 0 Å². The summed E-state index contributed by atoms with van der Waals surface area (Å²) in [6, 6.07) is 3.67. The molecule has 1 aliphatic heterocycles. The molecule has 0 aliphatic carbocycles. The van der Waals surface area contributed by atoms with Gasteiger partial charge in [0.05, 0.1) is 19.2 Å². The van der Waals surface area contributed by atoms with Crippen molar-refractivity contribution in [3.63, 3.8) is 0 Å². The summed E-state index contributed by atoms with van der Waals surface area (Å²) in [5, 5.41) is 6.89. The first kappa shape index (κ1) is 14.1. The fourth-order valence-corrected chi connectivity index (χ4v) is 1.02. The number of furan rings is 1. The topological polar surface area (TPSA) is 56.9 Å². The van der Waals surface area contributed by atoms with E-state index in [9.17, 15) is 0 Å². The minimum absolute atomic E-state index is 0.250. The Balaban J connectivity index is 0.000000241. The lowest BCUT2D eigenvalue weighted by atomic mass is 10.6. The van der Waals surface area contributed by atoms with Crippen LogP contribution in [0.1, 0.15) is 6.92 Å².